The molecule has 8 nitrogen and oxygen atoms in total. The molecule has 0 radical (unpaired) electrons. The van der Waals surface area contributed by atoms with E-state index < -0.39 is 5.60 Å². The molecule has 8 heteroatoms. The lowest BCUT2D eigenvalue weighted by Gasteiger charge is -2.63. The Morgan fingerprint density at radius 3 is 2.69 bits per heavy atom. The Morgan fingerprint density at radius 2 is 1.94 bits per heavy atom. The molecular formula is C24H42N6O2. The molecule has 32 heavy (non-hydrogen) atoms. The molecule has 4 saturated carbocycles. The van der Waals surface area contributed by atoms with Crippen LogP contribution in [0.15, 0.2) is 15.4 Å². The molecule has 0 aliphatic heterocycles. The minimum Gasteiger partial charge on any atom is -0.396 e. The van der Waals surface area contributed by atoms with Crippen LogP contribution < -0.4 is 17.2 Å². The molecule has 0 aromatic carbocycles. The summed E-state index contributed by atoms with van der Waals surface area (Å²) in [5.41, 5.74) is 17.1. The summed E-state index contributed by atoms with van der Waals surface area (Å²) in [6.45, 7) is 5.93. The normalized spacial score (nSPS) is 44.7. The molecule has 4 rings (SSSR count). The van der Waals surface area contributed by atoms with Crippen LogP contribution in [-0.2, 0) is 4.84 Å². The molecule has 0 spiro atoms. The molecule has 0 aromatic heterocycles. The van der Waals surface area contributed by atoms with Gasteiger partial charge in [-0.2, -0.15) is 5.10 Å². The predicted octanol–water partition coefficient (Wildman–Crippen LogP) is 2.74. The van der Waals surface area contributed by atoms with Crippen LogP contribution in [0.3, 0.4) is 0 Å². The zero-order valence-electron chi connectivity index (χ0n) is 19.8. The van der Waals surface area contributed by atoms with Gasteiger partial charge in [-0.1, -0.05) is 19.0 Å². The number of hydrogen-bond acceptors (Lipinski definition) is 6. The van der Waals surface area contributed by atoms with Gasteiger partial charge in [-0.05, 0) is 93.9 Å². The van der Waals surface area contributed by atoms with Crippen molar-refractivity contribution in [2.75, 3.05) is 13.2 Å². The molecular weight excluding hydrogens is 404 g/mol. The lowest BCUT2D eigenvalue weighted by molar-refractivity contribution is -0.198. The van der Waals surface area contributed by atoms with E-state index in [9.17, 15) is 5.11 Å². The molecule has 0 bridgehead atoms. The topological polar surface area (TPSA) is 145 Å². The minimum absolute atomic E-state index is 0.0208. The summed E-state index contributed by atoms with van der Waals surface area (Å²) in [4.78, 5) is 5.40. The predicted molar refractivity (Wildman–Crippen MR) is 128 cm³/mol. The summed E-state index contributed by atoms with van der Waals surface area (Å²) in [5.74, 6) is 1.79. The largest absolute Gasteiger partial charge is 0.396 e. The van der Waals surface area contributed by atoms with Gasteiger partial charge in [-0.25, -0.2) is 0 Å². The van der Waals surface area contributed by atoms with Crippen LogP contribution in [0.2, 0.25) is 0 Å². The van der Waals surface area contributed by atoms with Crippen molar-refractivity contribution >= 4 is 17.9 Å². The average Bonchev–Trinajstić information content (AvgIpc) is 3.03. The summed E-state index contributed by atoms with van der Waals surface area (Å²) in [7, 11) is 0. The molecule has 4 aliphatic carbocycles. The van der Waals surface area contributed by atoms with Crippen LogP contribution in [0.1, 0.15) is 78.1 Å². The van der Waals surface area contributed by atoms with Crippen molar-refractivity contribution in [1.29, 1.82) is 0 Å². The Kier molecular flexibility index (Phi) is 6.56. The van der Waals surface area contributed by atoms with Gasteiger partial charge >= 0.3 is 0 Å². The Balaban J connectivity index is 1.49. The number of oxime groups is 1. The van der Waals surface area contributed by atoms with Crippen LogP contribution in [0.5, 0.6) is 0 Å². The van der Waals surface area contributed by atoms with Crippen molar-refractivity contribution in [2.45, 2.75) is 83.7 Å². The van der Waals surface area contributed by atoms with Crippen LogP contribution in [0.25, 0.3) is 0 Å². The number of guanidine groups is 1. The van der Waals surface area contributed by atoms with E-state index >= 15 is 0 Å². The van der Waals surface area contributed by atoms with Gasteiger partial charge in [-0.15, -0.1) is 5.10 Å². The fourth-order valence-electron chi connectivity index (χ4n) is 7.84. The van der Waals surface area contributed by atoms with Gasteiger partial charge in [-0.3, -0.25) is 0 Å². The first-order valence-corrected chi connectivity index (χ1v) is 12.5. The fourth-order valence-corrected chi connectivity index (χ4v) is 7.84. The minimum atomic E-state index is -0.621. The third-order valence-electron chi connectivity index (χ3n) is 9.82. The molecule has 0 saturated heterocycles. The fraction of sp³-hybridized carbons (Fsp3) is 0.875. The maximum atomic E-state index is 12.2. The van der Waals surface area contributed by atoms with Crippen molar-refractivity contribution < 1.29 is 9.94 Å². The lowest BCUT2D eigenvalue weighted by Crippen LogP contribution is -2.62. The number of hydrogen-bond donors (Lipinski definition) is 4. The highest BCUT2D eigenvalue weighted by atomic mass is 16.6. The second-order valence-corrected chi connectivity index (χ2v) is 11.1. The first-order chi connectivity index (χ1) is 15.2. The Bertz CT molecular complexity index is 780. The number of nitrogens with zero attached hydrogens (tertiary/aromatic N) is 3. The molecule has 7 atom stereocenters. The molecule has 4 fully saturated rings. The van der Waals surface area contributed by atoms with E-state index in [0.29, 0.717) is 30.9 Å². The molecule has 0 amide bonds. The van der Waals surface area contributed by atoms with Gasteiger partial charge < -0.3 is 27.1 Å². The second-order valence-electron chi connectivity index (χ2n) is 11.1. The summed E-state index contributed by atoms with van der Waals surface area (Å²) in [5, 5.41) is 24.6. The van der Waals surface area contributed by atoms with Gasteiger partial charge in [0.1, 0.15) is 6.61 Å². The SMILES string of the molecule is C[C@]12CCC(=NN=C(N)N)C[C@H]1CC[C@@H]1[C@@H]2CC[C@]2(C)[C@@H](/C=N/OCCCN)CC[C@]12O. The van der Waals surface area contributed by atoms with Crippen LogP contribution in [0, 0.1) is 34.5 Å². The van der Waals surface area contributed by atoms with E-state index in [0.717, 1.165) is 63.5 Å². The van der Waals surface area contributed by atoms with E-state index in [1.807, 2.05) is 6.21 Å². The summed E-state index contributed by atoms with van der Waals surface area (Å²) in [6, 6.07) is 0. The van der Waals surface area contributed by atoms with E-state index in [4.69, 9.17) is 22.0 Å². The Morgan fingerprint density at radius 1 is 1.12 bits per heavy atom. The molecule has 7 N–H and O–H groups in total. The Labute approximate surface area is 192 Å². The number of fused-ring (bicyclic) bond motifs is 5. The molecule has 0 heterocycles. The zero-order chi connectivity index (χ0) is 23.0. The molecule has 180 valence electrons. The number of rotatable bonds is 6. The van der Waals surface area contributed by atoms with E-state index in [1.54, 1.807) is 0 Å². The van der Waals surface area contributed by atoms with Crippen LogP contribution >= 0.6 is 0 Å². The van der Waals surface area contributed by atoms with E-state index in [1.165, 1.54) is 6.42 Å². The maximum Gasteiger partial charge on any atom is 0.211 e. The van der Waals surface area contributed by atoms with Gasteiger partial charge in [0.2, 0.25) is 5.96 Å². The van der Waals surface area contributed by atoms with Gasteiger partial charge in [0, 0.05) is 23.3 Å². The van der Waals surface area contributed by atoms with Gasteiger partial charge in [0.25, 0.3) is 0 Å². The first kappa shape index (κ1) is 23.5. The van der Waals surface area contributed by atoms with Crippen LogP contribution in [-0.4, -0.2) is 41.7 Å². The quantitative estimate of drug-likeness (QED) is 0.214. The van der Waals surface area contributed by atoms with Crippen molar-refractivity contribution in [3.8, 4) is 0 Å². The number of nitrogens with two attached hydrogens (primary N) is 3. The summed E-state index contributed by atoms with van der Waals surface area (Å²) >= 11 is 0. The van der Waals surface area contributed by atoms with Crippen LogP contribution in [0.4, 0.5) is 0 Å². The van der Waals surface area contributed by atoms with E-state index in [-0.39, 0.29) is 22.7 Å². The van der Waals surface area contributed by atoms with E-state index in [2.05, 4.69) is 29.2 Å². The van der Waals surface area contributed by atoms with Crippen molar-refractivity contribution in [1.82, 2.24) is 0 Å². The highest BCUT2D eigenvalue weighted by molar-refractivity contribution is 5.86. The third-order valence-corrected chi connectivity index (χ3v) is 9.82. The molecule has 4 aliphatic rings. The summed E-state index contributed by atoms with van der Waals surface area (Å²) in [6.07, 6.45) is 12.1. The lowest BCUT2D eigenvalue weighted by atomic mass is 9.43. The number of aliphatic hydroxyl groups is 1. The highest BCUT2D eigenvalue weighted by Gasteiger charge is 2.66. The molecule has 0 aromatic rings. The maximum absolute atomic E-state index is 12.2. The standard InChI is InChI=1S/C24H42N6O2/c1-22-9-7-18(29-30-21(26)27)14-16(22)4-5-20-19(22)8-10-23(2)17(6-11-24(20,23)31)15-28-32-13-3-12-25/h15-17,19-20,31H,3-14,25H2,1-2H3,(H4,26,27,30)/b28-15+,29-18?/t16-,17-,19+,20-,22+,23-,24+/m1/s1. The van der Waals surface area contributed by atoms with Gasteiger partial charge in [0.05, 0.1) is 5.60 Å². The smallest absolute Gasteiger partial charge is 0.211 e. The van der Waals surface area contributed by atoms with Crippen molar-refractivity contribution in [3.63, 3.8) is 0 Å². The summed E-state index contributed by atoms with van der Waals surface area (Å²) < 4.78 is 0. The second kappa shape index (κ2) is 8.93. The third kappa shape index (κ3) is 3.83. The zero-order valence-corrected chi connectivity index (χ0v) is 19.8. The first-order valence-electron chi connectivity index (χ1n) is 12.5. The average molecular weight is 447 g/mol. The van der Waals surface area contributed by atoms with Gasteiger partial charge in [0.15, 0.2) is 0 Å². The highest BCUT2D eigenvalue weighted by Crippen LogP contribution is 2.68. The Hall–Kier alpha value is -1.67. The van der Waals surface area contributed by atoms with Crippen molar-refractivity contribution in [3.05, 3.63) is 0 Å². The molecule has 0 unspecified atom stereocenters. The monoisotopic (exact) mass is 446 g/mol. The van der Waals surface area contributed by atoms with Crippen molar-refractivity contribution in [2.24, 2.45) is 67.1 Å².